The highest BCUT2D eigenvalue weighted by Crippen LogP contribution is 2.20. The van der Waals surface area contributed by atoms with Crippen molar-refractivity contribution in [3.63, 3.8) is 0 Å². The van der Waals surface area contributed by atoms with Gasteiger partial charge in [0.2, 0.25) is 0 Å². The minimum Gasteiger partial charge on any atom is -0.283 e. The number of hydrogen-bond acceptors (Lipinski definition) is 1. The second-order valence-electron chi connectivity index (χ2n) is 4.30. The van der Waals surface area contributed by atoms with E-state index in [0.717, 1.165) is 11.3 Å². The molecule has 2 heteroatoms. The molecule has 0 spiro atoms. The van der Waals surface area contributed by atoms with Crippen molar-refractivity contribution in [2.24, 2.45) is 0 Å². The summed E-state index contributed by atoms with van der Waals surface area (Å²) in [7, 11) is 0. The fourth-order valence-electron chi connectivity index (χ4n) is 2.12. The lowest BCUT2D eigenvalue weighted by atomic mass is 10.1. The lowest BCUT2D eigenvalue weighted by Crippen LogP contribution is -2.11. The number of hydrogen-bond donors (Lipinski definition) is 0. The molecule has 3 rings (SSSR count). The van der Waals surface area contributed by atoms with Gasteiger partial charge in [0.05, 0.1) is 5.69 Å². The molecule has 2 aromatic carbocycles. The Labute approximate surface area is 111 Å². The molecule has 0 aliphatic heterocycles. The Morgan fingerprint density at radius 2 is 1.37 bits per heavy atom. The molecule has 0 atom stereocenters. The molecule has 19 heavy (non-hydrogen) atoms. The Balaban J connectivity index is 2.04. The highest BCUT2D eigenvalue weighted by Gasteiger charge is 2.12. The molecule has 0 fully saturated rings. The van der Waals surface area contributed by atoms with Crippen molar-refractivity contribution in [2.75, 3.05) is 0 Å². The molecule has 0 bridgehead atoms. The molecule has 2 nitrogen and oxygen atoms in total. The van der Waals surface area contributed by atoms with Crippen LogP contribution in [-0.2, 0) is 0 Å². The van der Waals surface area contributed by atoms with Gasteiger partial charge in [0.15, 0.2) is 0 Å². The molecular weight excluding hydrogens is 234 g/mol. The van der Waals surface area contributed by atoms with Crippen LogP contribution in [0.3, 0.4) is 0 Å². The Hall–Kier alpha value is -2.61. The molecular formula is C17H13NO. The van der Waals surface area contributed by atoms with Gasteiger partial charge in [-0.2, -0.15) is 0 Å². The summed E-state index contributed by atoms with van der Waals surface area (Å²) in [6, 6.07) is 23.1. The summed E-state index contributed by atoms with van der Waals surface area (Å²) in [6.45, 7) is 0. The fraction of sp³-hybridized carbons (Fsp3) is 0. The minimum atomic E-state index is -0.00977. The number of aromatic nitrogens is 1. The Morgan fingerprint density at radius 1 is 0.737 bits per heavy atom. The van der Waals surface area contributed by atoms with Gasteiger partial charge in [-0.15, -0.1) is 0 Å². The van der Waals surface area contributed by atoms with Crippen LogP contribution < -0.4 is 0 Å². The Bertz CT molecular complexity index is 684. The summed E-state index contributed by atoms with van der Waals surface area (Å²) in [4.78, 5) is 12.5. The van der Waals surface area contributed by atoms with E-state index in [1.54, 1.807) is 10.8 Å². The molecule has 92 valence electrons. The van der Waals surface area contributed by atoms with Crippen LogP contribution in [0.15, 0.2) is 79.0 Å². The Morgan fingerprint density at radius 3 is 2.05 bits per heavy atom. The summed E-state index contributed by atoms with van der Waals surface area (Å²) in [6.07, 6.45) is 1.80. The molecule has 0 radical (unpaired) electrons. The van der Waals surface area contributed by atoms with Gasteiger partial charge in [0.25, 0.3) is 5.91 Å². The smallest absolute Gasteiger partial charge is 0.262 e. The number of nitrogens with zero attached hydrogens (tertiary/aromatic N) is 1. The van der Waals surface area contributed by atoms with Crippen LogP contribution in [0.2, 0.25) is 0 Å². The normalized spacial score (nSPS) is 10.3. The van der Waals surface area contributed by atoms with Crippen molar-refractivity contribution in [2.45, 2.75) is 0 Å². The van der Waals surface area contributed by atoms with Crippen molar-refractivity contribution in [3.05, 3.63) is 84.6 Å². The largest absolute Gasteiger partial charge is 0.283 e. The quantitative estimate of drug-likeness (QED) is 0.674. The highest BCUT2D eigenvalue weighted by atomic mass is 16.2. The van der Waals surface area contributed by atoms with Gasteiger partial charge in [-0.25, -0.2) is 0 Å². The Kier molecular flexibility index (Phi) is 2.99. The van der Waals surface area contributed by atoms with Crippen molar-refractivity contribution in [1.82, 2.24) is 4.57 Å². The van der Waals surface area contributed by atoms with Crippen molar-refractivity contribution < 1.29 is 4.79 Å². The summed E-state index contributed by atoms with van der Waals surface area (Å²) in [5.41, 5.74) is 2.64. The van der Waals surface area contributed by atoms with E-state index in [2.05, 4.69) is 0 Å². The molecule has 0 saturated carbocycles. The third-order valence-corrected chi connectivity index (χ3v) is 3.06. The first-order valence-electron chi connectivity index (χ1n) is 6.19. The maximum absolute atomic E-state index is 12.5. The van der Waals surface area contributed by atoms with E-state index in [0.29, 0.717) is 5.56 Å². The van der Waals surface area contributed by atoms with Crippen molar-refractivity contribution in [3.8, 4) is 11.3 Å². The molecule has 0 amide bonds. The summed E-state index contributed by atoms with van der Waals surface area (Å²) < 4.78 is 1.69. The third-order valence-electron chi connectivity index (χ3n) is 3.06. The standard InChI is InChI=1S/C17H13NO/c19-17(15-10-5-2-6-11-15)18-13-7-12-16(18)14-8-3-1-4-9-14/h1-13H. The predicted octanol–water partition coefficient (Wildman–Crippen LogP) is 3.84. The van der Waals surface area contributed by atoms with Crippen molar-refractivity contribution >= 4 is 5.91 Å². The summed E-state index contributed by atoms with van der Waals surface area (Å²) in [5, 5.41) is 0. The van der Waals surface area contributed by atoms with Crippen molar-refractivity contribution in [1.29, 1.82) is 0 Å². The maximum atomic E-state index is 12.5. The van der Waals surface area contributed by atoms with Gasteiger partial charge in [-0.3, -0.25) is 9.36 Å². The molecule has 3 aromatic rings. The lowest BCUT2D eigenvalue weighted by molar-refractivity contribution is 0.0962. The molecule has 0 saturated heterocycles. The second-order valence-corrected chi connectivity index (χ2v) is 4.30. The summed E-state index contributed by atoms with van der Waals surface area (Å²) >= 11 is 0. The van der Waals surface area contributed by atoms with Crippen LogP contribution in [-0.4, -0.2) is 10.5 Å². The van der Waals surface area contributed by atoms with E-state index in [4.69, 9.17) is 0 Å². The highest BCUT2D eigenvalue weighted by molar-refractivity contribution is 5.98. The number of benzene rings is 2. The number of carbonyl (C=O) groups is 1. The van der Waals surface area contributed by atoms with Gasteiger partial charge in [0, 0.05) is 11.8 Å². The molecule has 1 heterocycles. The van der Waals surface area contributed by atoms with Crippen LogP contribution in [0.25, 0.3) is 11.3 Å². The molecule has 0 aliphatic carbocycles. The van der Waals surface area contributed by atoms with E-state index < -0.39 is 0 Å². The van der Waals surface area contributed by atoms with Crippen LogP contribution in [0.1, 0.15) is 10.4 Å². The van der Waals surface area contributed by atoms with Crippen LogP contribution in [0.4, 0.5) is 0 Å². The van der Waals surface area contributed by atoms with E-state index in [1.807, 2.05) is 72.8 Å². The van der Waals surface area contributed by atoms with Gasteiger partial charge in [0.1, 0.15) is 0 Å². The minimum absolute atomic E-state index is 0.00977. The SMILES string of the molecule is O=C(c1ccccc1)n1cccc1-c1ccccc1. The fourth-order valence-corrected chi connectivity index (χ4v) is 2.12. The van der Waals surface area contributed by atoms with Crippen LogP contribution >= 0.6 is 0 Å². The first-order chi connectivity index (χ1) is 9.36. The predicted molar refractivity (Wildman–Crippen MR) is 76.0 cm³/mol. The second kappa shape index (κ2) is 4.94. The zero-order valence-electron chi connectivity index (χ0n) is 10.4. The maximum Gasteiger partial charge on any atom is 0.262 e. The zero-order chi connectivity index (χ0) is 13.1. The molecule has 0 N–H and O–H groups in total. The van der Waals surface area contributed by atoms with Gasteiger partial charge >= 0.3 is 0 Å². The van der Waals surface area contributed by atoms with Gasteiger partial charge < -0.3 is 0 Å². The van der Waals surface area contributed by atoms with E-state index in [9.17, 15) is 4.79 Å². The van der Waals surface area contributed by atoms with Gasteiger partial charge in [-0.05, 0) is 29.8 Å². The number of carbonyl (C=O) groups excluding carboxylic acids is 1. The number of rotatable bonds is 2. The topological polar surface area (TPSA) is 22.0 Å². The lowest BCUT2D eigenvalue weighted by Gasteiger charge is -2.08. The first-order valence-corrected chi connectivity index (χ1v) is 6.19. The van der Waals surface area contributed by atoms with E-state index >= 15 is 0 Å². The average Bonchev–Trinajstić information content (AvgIpc) is 2.98. The zero-order valence-corrected chi connectivity index (χ0v) is 10.4. The summed E-state index contributed by atoms with van der Waals surface area (Å²) in [5.74, 6) is -0.00977. The van der Waals surface area contributed by atoms with E-state index in [1.165, 1.54) is 0 Å². The van der Waals surface area contributed by atoms with E-state index in [-0.39, 0.29) is 5.91 Å². The molecule has 0 aliphatic rings. The van der Waals surface area contributed by atoms with Crippen LogP contribution in [0, 0.1) is 0 Å². The molecule has 1 aromatic heterocycles. The first kappa shape index (κ1) is 11.5. The third kappa shape index (κ3) is 2.20. The average molecular weight is 247 g/mol. The monoisotopic (exact) mass is 247 g/mol. The van der Waals surface area contributed by atoms with Crippen LogP contribution in [0.5, 0.6) is 0 Å². The van der Waals surface area contributed by atoms with Gasteiger partial charge in [-0.1, -0.05) is 48.5 Å². The molecule has 0 unspecified atom stereocenters.